The molecule has 2 aliphatic heterocycles. The Kier molecular flexibility index (Phi) is 7.42. The minimum atomic E-state index is -1.13. The maximum Gasteiger partial charge on any atom is 0.247 e. The molecule has 1 fully saturated rings. The van der Waals surface area contributed by atoms with Crippen LogP contribution in [0.5, 0.6) is 11.5 Å². The van der Waals surface area contributed by atoms with Crippen LogP contribution in [0.15, 0.2) is 23.8 Å². The van der Waals surface area contributed by atoms with Crippen LogP contribution >= 0.6 is 0 Å². The minimum Gasteiger partial charge on any atom is -0.493 e. The number of nitrogens with one attached hydrogen (secondary N) is 1. The Balaban J connectivity index is 1.77. The van der Waals surface area contributed by atoms with Gasteiger partial charge in [-0.3, -0.25) is 9.59 Å². The first kappa shape index (κ1) is 24.5. The standard InChI is InChI=1S/C24H32N2O8/c1-13(29)26(11-15-4-3-7-33-15)18-10-17(24(31)25-5-6-27)20-16-8-14(12-28)9-19(32-2)22(16)34-23(20)21(18)30/h8-10,15,18,20-21,23,27-28,30H,3-7,11-12H2,1-2H3,(H,25,31)/t15-,18-,20+,21+,23+/m1/s1. The monoisotopic (exact) mass is 476 g/mol. The second-order valence-corrected chi connectivity index (χ2v) is 8.82. The molecule has 1 aromatic carbocycles. The number of aliphatic hydroxyl groups is 3. The number of rotatable bonds is 8. The van der Waals surface area contributed by atoms with Crippen LogP contribution in [0, 0.1) is 0 Å². The van der Waals surface area contributed by atoms with E-state index in [4.69, 9.17) is 14.2 Å². The van der Waals surface area contributed by atoms with E-state index in [0.717, 1.165) is 12.8 Å². The fourth-order valence-electron chi connectivity index (χ4n) is 5.09. The number of methoxy groups -OCH3 is 1. The molecule has 1 aliphatic carbocycles. The average molecular weight is 477 g/mol. The summed E-state index contributed by atoms with van der Waals surface area (Å²) >= 11 is 0. The normalized spacial score (nSPS) is 27.3. The van der Waals surface area contributed by atoms with E-state index in [0.29, 0.717) is 41.4 Å². The number of fused-ring (bicyclic) bond motifs is 3. The SMILES string of the molecule is COc1cc(CO)cc2c1O[C@@H]1[C@@H](O)[C@H](N(C[C@H]3CCCO3)C(C)=O)C=C(C(=O)NCCO)[C@H]21. The Morgan fingerprint density at radius 3 is 2.71 bits per heavy atom. The summed E-state index contributed by atoms with van der Waals surface area (Å²) in [7, 11) is 1.48. The molecule has 186 valence electrons. The van der Waals surface area contributed by atoms with Crippen molar-refractivity contribution in [1.29, 1.82) is 0 Å². The third-order valence-corrected chi connectivity index (χ3v) is 6.68. The predicted octanol–water partition coefficient (Wildman–Crippen LogP) is -0.162. The molecule has 4 N–H and O–H groups in total. The number of ether oxygens (including phenoxy) is 3. The number of hydrogen-bond acceptors (Lipinski definition) is 8. The largest absolute Gasteiger partial charge is 0.493 e. The molecule has 1 aromatic rings. The van der Waals surface area contributed by atoms with Crippen molar-refractivity contribution >= 4 is 11.8 Å². The van der Waals surface area contributed by atoms with Crippen LogP contribution in [0.2, 0.25) is 0 Å². The van der Waals surface area contributed by atoms with Gasteiger partial charge >= 0.3 is 0 Å². The number of nitrogens with zero attached hydrogens (tertiary/aromatic N) is 1. The molecular weight excluding hydrogens is 444 g/mol. The minimum absolute atomic E-state index is 0.0564. The molecule has 3 aliphatic rings. The zero-order valence-corrected chi connectivity index (χ0v) is 19.4. The molecule has 0 spiro atoms. The Morgan fingerprint density at radius 2 is 2.09 bits per heavy atom. The summed E-state index contributed by atoms with van der Waals surface area (Å²) in [5, 5.41) is 33.0. The Morgan fingerprint density at radius 1 is 1.29 bits per heavy atom. The number of hydrogen-bond donors (Lipinski definition) is 4. The summed E-state index contributed by atoms with van der Waals surface area (Å²) in [5.41, 5.74) is 1.52. The van der Waals surface area contributed by atoms with Crippen LogP contribution in [0.3, 0.4) is 0 Å². The molecule has 34 heavy (non-hydrogen) atoms. The van der Waals surface area contributed by atoms with Gasteiger partial charge in [0, 0.05) is 37.8 Å². The summed E-state index contributed by atoms with van der Waals surface area (Å²) in [6.45, 7) is 1.94. The van der Waals surface area contributed by atoms with Crippen LogP contribution in [-0.4, -0.2) is 89.8 Å². The van der Waals surface area contributed by atoms with Crippen molar-refractivity contribution < 1.29 is 39.1 Å². The highest BCUT2D eigenvalue weighted by atomic mass is 16.5. The van der Waals surface area contributed by atoms with Gasteiger partial charge in [-0.05, 0) is 36.6 Å². The van der Waals surface area contributed by atoms with Gasteiger partial charge in [-0.25, -0.2) is 0 Å². The smallest absolute Gasteiger partial charge is 0.247 e. The van der Waals surface area contributed by atoms with Crippen molar-refractivity contribution in [2.45, 2.75) is 56.6 Å². The van der Waals surface area contributed by atoms with Crippen molar-refractivity contribution in [2.75, 3.05) is 33.4 Å². The van der Waals surface area contributed by atoms with E-state index in [-0.39, 0.29) is 31.8 Å². The van der Waals surface area contributed by atoms with Crippen molar-refractivity contribution in [1.82, 2.24) is 10.2 Å². The lowest BCUT2D eigenvalue weighted by Gasteiger charge is -2.41. The Labute approximate surface area is 198 Å². The molecule has 1 saturated heterocycles. The van der Waals surface area contributed by atoms with E-state index >= 15 is 0 Å². The van der Waals surface area contributed by atoms with Gasteiger partial charge in [-0.15, -0.1) is 0 Å². The van der Waals surface area contributed by atoms with Gasteiger partial charge in [-0.1, -0.05) is 0 Å². The number of carbonyl (C=O) groups excluding carboxylic acids is 2. The average Bonchev–Trinajstić information content (AvgIpc) is 3.49. The summed E-state index contributed by atoms with van der Waals surface area (Å²) < 4.78 is 17.3. The third-order valence-electron chi connectivity index (χ3n) is 6.68. The van der Waals surface area contributed by atoms with Crippen LogP contribution in [0.4, 0.5) is 0 Å². The van der Waals surface area contributed by atoms with Crippen LogP contribution in [0.25, 0.3) is 0 Å². The number of benzene rings is 1. The lowest BCUT2D eigenvalue weighted by molar-refractivity contribution is -0.137. The first-order valence-corrected chi connectivity index (χ1v) is 11.6. The topological polar surface area (TPSA) is 138 Å². The number of carbonyl (C=O) groups is 2. The molecule has 4 rings (SSSR count). The van der Waals surface area contributed by atoms with Gasteiger partial charge in [0.2, 0.25) is 11.8 Å². The fourth-order valence-corrected chi connectivity index (χ4v) is 5.09. The molecule has 0 aromatic heterocycles. The first-order chi connectivity index (χ1) is 16.4. The zero-order valence-electron chi connectivity index (χ0n) is 19.4. The summed E-state index contributed by atoms with van der Waals surface area (Å²) in [6, 6.07) is 2.57. The summed E-state index contributed by atoms with van der Waals surface area (Å²) in [6.07, 6.45) is 1.22. The highest BCUT2D eigenvalue weighted by Gasteiger charge is 2.51. The molecule has 0 saturated carbocycles. The Bertz CT molecular complexity index is 959. The summed E-state index contributed by atoms with van der Waals surface area (Å²) in [4.78, 5) is 27.3. The predicted molar refractivity (Wildman–Crippen MR) is 120 cm³/mol. The van der Waals surface area contributed by atoms with E-state index in [1.807, 2.05) is 0 Å². The van der Waals surface area contributed by atoms with Gasteiger partial charge in [0.05, 0.1) is 38.4 Å². The maximum absolute atomic E-state index is 13.2. The second kappa shape index (κ2) is 10.3. The first-order valence-electron chi connectivity index (χ1n) is 11.6. The fraction of sp³-hybridized carbons (Fsp3) is 0.583. The third kappa shape index (κ3) is 4.50. The molecule has 0 unspecified atom stereocenters. The highest BCUT2D eigenvalue weighted by molar-refractivity contribution is 5.96. The summed E-state index contributed by atoms with van der Waals surface area (Å²) in [5.74, 6) is -0.537. The van der Waals surface area contributed by atoms with Gasteiger partial charge in [0.1, 0.15) is 12.2 Å². The van der Waals surface area contributed by atoms with E-state index in [2.05, 4.69) is 5.32 Å². The zero-order chi connectivity index (χ0) is 24.4. The molecule has 5 atom stereocenters. The van der Waals surface area contributed by atoms with Gasteiger partial charge in [0.15, 0.2) is 11.5 Å². The van der Waals surface area contributed by atoms with Crippen LogP contribution in [-0.2, 0) is 20.9 Å². The van der Waals surface area contributed by atoms with E-state index < -0.39 is 30.1 Å². The van der Waals surface area contributed by atoms with Gasteiger partial charge in [-0.2, -0.15) is 0 Å². The van der Waals surface area contributed by atoms with Crippen LogP contribution in [0.1, 0.15) is 36.8 Å². The van der Waals surface area contributed by atoms with Gasteiger partial charge in [0.25, 0.3) is 0 Å². The van der Waals surface area contributed by atoms with Crippen molar-refractivity contribution in [3.05, 3.63) is 34.9 Å². The molecule has 0 bridgehead atoms. The molecular formula is C24H32N2O8. The van der Waals surface area contributed by atoms with E-state index in [1.165, 1.54) is 18.9 Å². The Hall–Kier alpha value is -2.66. The molecule has 2 amide bonds. The van der Waals surface area contributed by atoms with Gasteiger partial charge < -0.3 is 39.7 Å². The quantitative estimate of drug-likeness (QED) is 0.406. The molecule has 2 heterocycles. The van der Waals surface area contributed by atoms with E-state index in [1.54, 1.807) is 18.2 Å². The van der Waals surface area contributed by atoms with Crippen LogP contribution < -0.4 is 14.8 Å². The van der Waals surface area contributed by atoms with Crippen molar-refractivity contribution in [2.24, 2.45) is 0 Å². The second-order valence-electron chi connectivity index (χ2n) is 8.82. The number of amides is 2. The number of aliphatic hydroxyl groups excluding tert-OH is 3. The maximum atomic E-state index is 13.2. The van der Waals surface area contributed by atoms with E-state index in [9.17, 15) is 24.9 Å². The highest BCUT2D eigenvalue weighted by Crippen LogP contribution is 2.51. The molecule has 10 nitrogen and oxygen atoms in total. The molecule has 0 radical (unpaired) electrons. The molecule has 10 heteroatoms. The lowest BCUT2D eigenvalue weighted by Crippen LogP contribution is -2.56. The lowest BCUT2D eigenvalue weighted by atomic mass is 9.77. The van der Waals surface area contributed by atoms with Crippen molar-refractivity contribution in [3.8, 4) is 11.5 Å². The van der Waals surface area contributed by atoms with Crippen molar-refractivity contribution in [3.63, 3.8) is 0 Å².